The summed E-state index contributed by atoms with van der Waals surface area (Å²) >= 11 is 0. The highest BCUT2D eigenvalue weighted by Crippen LogP contribution is 2.19. The minimum atomic E-state index is -0.579. The zero-order chi connectivity index (χ0) is 19.4. The summed E-state index contributed by atoms with van der Waals surface area (Å²) in [5.41, 5.74) is 2.42. The Morgan fingerprint density at radius 2 is 1.89 bits per heavy atom. The summed E-state index contributed by atoms with van der Waals surface area (Å²) in [4.78, 5) is 30.5. The fourth-order valence-corrected chi connectivity index (χ4v) is 2.79. The third-order valence-electron chi connectivity index (χ3n) is 4.13. The van der Waals surface area contributed by atoms with Crippen molar-refractivity contribution in [2.45, 2.75) is 13.5 Å². The number of hydrogen-bond acceptors (Lipinski definition) is 4. The summed E-state index contributed by atoms with van der Waals surface area (Å²) in [6.45, 7) is 1.63. The Hall–Kier alpha value is -3.28. The molecule has 0 radical (unpaired) electrons. The number of fused-ring (bicyclic) bond motifs is 1. The van der Waals surface area contributed by atoms with Gasteiger partial charge in [-0.25, -0.2) is 9.18 Å². The number of nitrogens with zero attached hydrogens (tertiary/aromatic N) is 2. The van der Waals surface area contributed by atoms with Gasteiger partial charge in [0.05, 0.1) is 11.1 Å². The number of amides is 1. The topological polar surface area (TPSA) is 59.5 Å². The Balaban J connectivity index is 1.66. The predicted octanol–water partition coefficient (Wildman–Crippen LogP) is 3.50. The van der Waals surface area contributed by atoms with E-state index in [9.17, 15) is 14.0 Å². The van der Waals surface area contributed by atoms with Crippen LogP contribution in [0.15, 0.2) is 54.6 Å². The van der Waals surface area contributed by atoms with Crippen LogP contribution < -0.4 is 0 Å². The molecule has 0 aliphatic rings. The van der Waals surface area contributed by atoms with Crippen LogP contribution >= 0.6 is 0 Å². The molecule has 0 atom stereocenters. The zero-order valence-corrected chi connectivity index (χ0v) is 15.1. The molecular weight excluding hydrogens is 347 g/mol. The van der Waals surface area contributed by atoms with Gasteiger partial charge in [0.25, 0.3) is 5.91 Å². The number of carbonyl (C=O) groups is 2. The summed E-state index contributed by atoms with van der Waals surface area (Å²) in [6.07, 6.45) is 0. The van der Waals surface area contributed by atoms with Gasteiger partial charge in [-0.1, -0.05) is 30.3 Å². The third-order valence-corrected chi connectivity index (χ3v) is 4.13. The van der Waals surface area contributed by atoms with Crippen molar-refractivity contribution in [1.82, 2.24) is 9.88 Å². The average molecular weight is 366 g/mol. The van der Waals surface area contributed by atoms with Crippen LogP contribution in [0.1, 0.15) is 21.6 Å². The number of hydrogen-bond donors (Lipinski definition) is 0. The quantitative estimate of drug-likeness (QED) is 0.649. The van der Waals surface area contributed by atoms with Gasteiger partial charge in [-0.15, -0.1) is 0 Å². The second kappa shape index (κ2) is 7.95. The van der Waals surface area contributed by atoms with Gasteiger partial charge in [0.2, 0.25) is 0 Å². The predicted molar refractivity (Wildman–Crippen MR) is 99.6 cm³/mol. The first kappa shape index (κ1) is 18.5. The highest BCUT2D eigenvalue weighted by Gasteiger charge is 2.17. The summed E-state index contributed by atoms with van der Waals surface area (Å²) in [5, 5.41) is 0.675. The summed E-state index contributed by atoms with van der Waals surface area (Å²) in [6, 6.07) is 14.9. The Morgan fingerprint density at radius 3 is 2.67 bits per heavy atom. The van der Waals surface area contributed by atoms with E-state index in [2.05, 4.69) is 4.98 Å². The van der Waals surface area contributed by atoms with E-state index in [-0.39, 0.29) is 24.9 Å². The number of rotatable bonds is 5. The molecule has 0 aliphatic carbocycles. The fraction of sp³-hybridized carbons (Fsp3) is 0.190. The second-order valence-corrected chi connectivity index (χ2v) is 6.28. The lowest BCUT2D eigenvalue weighted by Gasteiger charge is -2.17. The number of halogens is 1. The molecular formula is C21H19FN2O3. The van der Waals surface area contributed by atoms with Crippen molar-refractivity contribution < 1.29 is 18.7 Å². The number of likely N-dealkylation sites (N-methyl/N-ethyl adjacent to an activating group) is 1. The number of ether oxygens (including phenoxy) is 1. The van der Waals surface area contributed by atoms with Crippen LogP contribution in [0.5, 0.6) is 0 Å². The van der Waals surface area contributed by atoms with Gasteiger partial charge in [-0.3, -0.25) is 9.78 Å². The summed E-state index contributed by atoms with van der Waals surface area (Å²) in [7, 11) is 1.58. The van der Waals surface area contributed by atoms with E-state index in [0.717, 1.165) is 0 Å². The molecule has 0 unspecified atom stereocenters. The molecule has 0 saturated heterocycles. The monoisotopic (exact) mass is 366 g/mol. The number of para-hydroxylation sites is 1. The molecule has 1 amide bonds. The number of pyridine rings is 1. The van der Waals surface area contributed by atoms with E-state index in [0.29, 0.717) is 27.7 Å². The molecule has 1 aromatic heterocycles. The van der Waals surface area contributed by atoms with Crippen molar-refractivity contribution in [3.8, 4) is 0 Å². The molecule has 0 spiro atoms. The Labute approximate surface area is 156 Å². The molecule has 27 heavy (non-hydrogen) atoms. The molecule has 0 fully saturated rings. The van der Waals surface area contributed by atoms with E-state index in [1.165, 1.54) is 17.0 Å². The van der Waals surface area contributed by atoms with Crippen molar-refractivity contribution >= 4 is 22.8 Å². The highest BCUT2D eigenvalue weighted by atomic mass is 19.1. The van der Waals surface area contributed by atoms with Crippen molar-refractivity contribution in [1.29, 1.82) is 0 Å². The molecule has 138 valence electrons. The lowest BCUT2D eigenvalue weighted by Crippen LogP contribution is -2.30. The van der Waals surface area contributed by atoms with Gasteiger partial charge >= 0.3 is 5.97 Å². The van der Waals surface area contributed by atoms with Gasteiger partial charge in [-0.05, 0) is 36.8 Å². The second-order valence-electron chi connectivity index (χ2n) is 6.28. The van der Waals surface area contributed by atoms with Crippen LogP contribution in [-0.4, -0.2) is 35.4 Å². The molecule has 3 aromatic rings. The fourth-order valence-electron chi connectivity index (χ4n) is 2.79. The van der Waals surface area contributed by atoms with Gasteiger partial charge in [0, 0.05) is 24.7 Å². The lowest BCUT2D eigenvalue weighted by molar-refractivity contribution is -0.133. The van der Waals surface area contributed by atoms with Crippen LogP contribution in [0.25, 0.3) is 10.9 Å². The zero-order valence-electron chi connectivity index (χ0n) is 15.1. The third kappa shape index (κ3) is 4.47. The van der Waals surface area contributed by atoms with E-state index in [1.54, 1.807) is 38.2 Å². The molecule has 0 bridgehead atoms. The van der Waals surface area contributed by atoms with Gasteiger partial charge in [0.15, 0.2) is 6.61 Å². The molecule has 3 rings (SSSR count). The average Bonchev–Trinajstić information content (AvgIpc) is 2.65. The van der Waals surface area contributed by atoms with Crippen molar-refractivity contribution in [2.75, 3.05) is 13.7 Å². The Bertz CT molecular complexity index is 1000. The molecule has 5 nitrogen and oxygen atoms in total. The first-order valence-corrected chi connectivity index (χ1v) is 8.46. The normalized spacial score (nSPS) is 10.6. The van der Waals surface area contributed by atoms with E-state index in [1.807, 2.05) is 18.2 Å². The molecule has 6 heteroatoms. The first-order valence-electron chi connectivity index (χ1n) is 8.46. The first-order chi connectivity index (χ1) is 12.9. The lowest BCUT2D eigenvalue weighted by atomic mass is 10.1. The van der Waals surface area contributed by atoms with E-state index >= 15 is 0 Å². The van der Waals surface area contributed by atoms with Crippen LogP contribution in [0.4, 0.5) is 4.39 Å². The van der Waals surface area contributed by atoms with E-state index in [4.69, 9.17) is 4.74 Å². The maximum absolute atomic E-state index is 13.2. The van der Waals surface area contributed by atoms with Crippen molar-refractivity contribution in [3.63, 3.8) is 0 Å². The van der Waals surface area contributed by atoms with E-state index < -0.39 is 5.97 Å². The smallest absolute Gasteiger partial charge is 0.339 e. The van der Waals surface area contributed by atoms with Crippen LogP contribution in [-0.2, 0) is 16.1 Å². The van der Waals surface area contributed by atoms with Crippen LogP contribution in [0.2, 0.25) is 0 Å². The minimum Gasteiger partial charge on any atom is -0.452 e. The molecule has 0 N–H and O–H groups in total. The molecule has 1 heterocycles. The number of aryl methyl sites for hydroxylation is 1. The summed E-state index contributed by atoms with van der Waals surface area (Å²) in [5.74, 6) is -1.31. The standard InChI is InChI=1S/C21H19FN2O3/c1-14-10-18(17-8-3-4-9-19(17)23-14)21(26)27-13-20(25)24(2)12-15-6-5-7-16(22)11-15/h3-11H,12-13H2,1-2H3. The van der Waals surface area contributed by atoms with Crippen LogP contribution in [0, 0.1) is 12.7 Å². The maximum atomic E-state index is 13.2. The van der Waals surface area contributed by atoms with Gasteiger partial charge in [-0.2, -0.15) is 0 Å². The number of esters is 1. The largest absolute Gasteiger partial charge is 0.452 e. The molecule has 0 aliphatic heterocycles. The molecule has 0 saturated carbocycles. The maximum Gasteiger partial charge on any atom is 0.339 e. The van der Waals surface area contributed by atoms with Crippen LogP contribution in [0.3, 0.4) is 0 Å². The van der Waals surface area contributed by atoms with Crippen molar-refractivity contribution in [3.05, 3.63) is 77.2 Å². The highest BCUT2D eigenvalue weighted by molar-refractivity contribution is 6.04. The summed E-state index contributed by atoms with van der Waals surface area (Å²) < 4.78 is 18.4. The van der Waals surface area contributed by atoms with Gasteiger partial charge < -0.3 is 9.64 Å². The Kier molecular flexibility index (Phi) is 5.45. The number of benzene rings is 2. The Morgan fingerprint density at radius 1 is 1.11 bits per heavy atom. The number of aromatic nitrogens is 1. The van der Waals surface area contributed by atoms with Gasteiger partial charge in [0.1, 0.15) is 5.82 Å². The SMILES string of the molecule is Cc1cc(C(=O)OCC(=O)N(C)Cc2cccc(F)c2)c2ccccc2n1. The molecule has 2 aromatic carbocycles. The van der Waals surface area contributed by atoms with Crippen molar-refractivity contribution in [2.24, 2.45) is 0 Å². The minimum absolute atomic E-state index is 0.228. The number of carbonyl (C=O) groups excluding carboxylic acids is 2.